The molecule has 1 aliphatic rings. The number of aryl methyl sites for hydroxylation is 1. The van der Waals surface area contributed by atoms with Crippen LogP contribution in [0, 0.1) is 0 Å². The summed E-state index contributed by atoms with van der Waals surface area (Å²) in [6, 6.07) is 8.11. The van der Waals surface area contributed by atoms with Gasteiger partial charge >= 0.3 is 0 Å². The summed E-state index contributed by atoms with van der Waals surface area (Å²) in [5.41, 5.74) is 2.88. The highest BCUT2D eigenvalue weighted by Gasteiger charge is 2.33. The van der Waals surface area contributed by atoms with E-state index in [2.05, 4.69) is 56.2 Å². The number of benzene rings is 1. The third-order valence-corrected chi connectivity index (χ3v) is 4.66. The second-order valence-electron chi connectivity index (χ2n) is 6.27. The minimum absolute atomic E-state index is 0.411. The van der Waals surface area contributed by atoms with E-state index >= 15 is 0 Å². The summed E-state index contributed by atoms with van der Waals surface area (Å²) < 4.78 is 5.37. The fraction of sp³-hybridized carbons (Fsp3) is 0.667. The number of likely N-dealkylation sites (N-methyl/N-ethyl adjacent to an activating group) is 1. The van der Waals surface area contributed by atoms with Crippen molar-refractivity contribution < 1.29 is 4.74 Å². The Hall–Kier alpha value is -1.06. The molecule has 0 bridgehead atoms. The normalized spacial score (nSPS) is 21.7. The van der Waals surface area contributed by atoms with Crippen molar-refractivity contribution in [2.45, 2.75) is 58.2 Å². The van der Waals surface area contributed by atoms with Gasteiger partial charge in [0.25, 0.3) is 0 Å². The van der Waals surface area contributed by atoms with Gasteiger partial charge in [-0.05, 0) is 70.0 Å². The molecule has 2 rings (SSSR count). The highest BCUT2D eigenvalue weighted by atomic mass is 16.5. The fourth-order valence-electron chi connectivity index (χ4n) is 3.68. The van der Waals surface area contributed by atoms with Gasteiger partial charge in [0.05, 0.1) is 7.11 Å². The first-order valence-electron chi connectivity index (χ1n) is 8.22. The van der Waals surface area contributed by atoms with Crippen LogP contribution in [0.1, 0.15) is 50.8 Å². The quantitative estimate of drug-likeness (QED) is 0.869. The number of nitrogens with zero attached hydrogens (tertiary/aromatic N) is 1. The molecule has 0 saturated carbocycles. The van der Waals surface area contributed by atoms with Crippen LogP contribution < -0.4 is 10.1 Å². The Morgan fingerprint density at radius 3 is 2.71 bits per heavy atom. The van der Waals surface area contributed by atoms with Gasteiger partial charge in [0.15, 0.2) is 0 Å². The zero-order valence-corrected chi connectivity index (χ0v) is 14.1. The molecule has 1 N–H and O–H groups in total. The number of fused-ring (bicyclic) bond motifs is 1. The molecule has 2 atom stereocenters. The van der Waals surface area contributed by atoms with Crippen molar-refractivity contribution in [3.05, 3.63) is 29.3 Å². The molecule has 0 saturated heterocycles. The smallest absolute Gasteiger partial charge is 0.119 e. The molecule has 0 fully saturated rings. The molecule has 3 heteroatoms. The summed E-state index contributed by atoms with van der Waals surface area (Å²) in [7, 11) is 3.83. The van der Waals surface area contributed by atoms with E-state index in [1.165, 1.54) is 30.5 Å². The fourth-order valence-corrected chi connectivity index (χ4v) is 3.68. The van der Waals surface area contributed by atoms with E-state index in [-0.39, 0.29) is 0 Å². The average molecular weight is 290 g/mol. The zero-order chi connectivity index (χ0) is 15.4. The van der Waals surface area contributed by atoms with E-state index in [1.54, 1.807) is 7.11 Å². The van der Waals surface area contributed by atoms with Crippen LogP contribution in [0.4, 0.5) is 0 Å². The van der Waals surface area contributed by atoms with Gasteiger partial charge in [-0.15, -0.1) is 0 Å². The second-order valence-corrected chi connectivity index (χ2v) is 6.27. The van der Waals surface area contributed by atoms with Crippen molar-refractivity contribution in [2.24, 2.45) is 0 Å². The Balaban J connectivity index is 2.30. The summed E-state index contributed by atoms with van der Waals surface area (Å²) in [5, 5.41) is 3.56. The lowest BCUT2D eigenvalue weighted by molar-refractivity contribution is 0.109. The van der Waals surface area contributed by atoms with Crippen LogP contribution in [0.25, 0.3) is 0 Å². The van der Waals surface area contributed by atoms with E-state index in [4.69, 9.17) is 4.74 Å². The van der Waals surface area contributed by atoms with Crippen LogP contribution in [-0.2, 0) is 6.42 Å². The van der Waals surface area contributed by atoms with Gasteiger partial charge in [-0.25, -0.2) is 0 Å². The van der Waals surface area contributed by atoms with E-state index in [1.807, 2.05) is 0 Å². The number of ether oxygens (including phenoxy) is 1. The Labute approximate surface area is 129 Å². The van der Waals surface area contributed by atoms with Gasteiger partial charge < -0.3 is 10.1 Å². The molecule has 1 aromatic carbocycles. The van der Waals surface area contributed by atoms with Crippen LogP contribution in [0.15, 0.2) is 18.2 Å². The molecule has 0 radical (unpaired) electrons. The van der Waals surface area contributed by atoms with Crippen molar-refractivity contribution in [3.63, 3.8) is 0 Å². The van der Waals surface area contributed by atoms with Gasteiger partial charge in [-0.2, -0.15) is 0 Å². The first kappa shape index (κ1) is 16.3. The van der Waals surface area contributed by atoms with E-state index in [0.717, 1.165) is 12.2 Å². The Morgan fingerprint density at radius 2 is 2.14 bits per heavy atom. The molecule has 0 spiro atoms. The molecule has 0 amide bonds. The number of rotatable bonds is 6. The van der Waals surface area contributed by atoms with Crippen molar-refractivity contribution >= 4 is 0 Å². The Morgan fingerprint density at radius 1 is 1.38 bits per heavy atom. The van der Waals surface area contributed by atoms with Crippen molar-refractivity contribution in [1.29, 1.82) is 0 Å². The van der Waals surface area contributed by atoms with Crippen LogP contribution >= 0.6 is 0 Å². The Bertz CT molecular complexity index is 459. The zero-order valence-electron chi connectivity index (χ0n) is 14.1. The maximum Gasteiger partial charge on any atom is 0.119 e. The molecule has 0 heterocycles. The number of methoxy groups -OCH3 is 1. The lowest BCUT2D eigenvalue weighted by atomic mass is 9.82. The van der Waals surface area contributed by atoms with Gasteiger partial charge in [0, 0.05) is 18.1 Å². The largest absolute Gasteiger partial charge is 0.497 e. The monoisotopic (exact) mass is 290 g/mol. The molecule has 2 unspecified atom stereocenters. The summed E-state index contributed by atoms with van der Waals surface area (Å²) >= 11 is 0. The average Bonchev–Trinajstić information content (AvgIpc) is 2.50. The maximum absolute atomic E-state index is 5.37. The molecule has 1 aromatic rings. The lowest BCUT2D eigenvalue weighted by Crippen LogP contribution is -2.49. The number of nitrogens with one attached hydrogen (secondary N) is 1. The summed E-state index contributed by atoms with van der Waals surface area (Å²) in [5.74, 6) is 0.969. The van der Waals surface area contributed by atoms with Crippen molar-refractivity contribution in [2.75, 3.05) is 20.7 Å². The minimum Gasteiger partial charge on any atom is -0.497 e. The van der Waals surface area contributed by atoms with Crippen molar-refractivity contribution in [1.82, 2.24) is 10.2 Å². The molecular formula is C18H30N2O. The third kappa shape index (κ3) is 3.41. The van der Waals surface area contributed by atoms with E-state index in [0.29, 0.717) is 18.1 Å². The van der Waals surface area contributed by atoms with Crippen LogP contribution in [-0.4, -0.2) is 37.7 Å². The molecule has 0 aromatic heterocycles. The van der Waals surface area contributed by atoms with Crippen LogP contribution in [0.2, 0.25) is 0 Å². The minimum atomic E-state index is 0.411. The topological polar surface area (TPSA) is 24.5 Å². The van der Waals surface area contributed by atoms with Crippen LogP contribution in [0.5, 0.6) is 5.75 Å². The highest BCUT2D eigenvalue weighted by Crippen LogP contribution is 2.35. The summed E-state index contributed by atoms with van der Waals surface area (Å²) in [6.45, 7) is 8.06. The Kier molecular flexibility index (Phi) is 5.65. The number of hydrogen-bond donors (Lipinski definition) is 1. The van der Waals surface area contributed by atoms with Gasteiger partial charge in [0.2, 0.25) is 0 Å². The van der Waals surface area contributed by atoms with E-state index < -0.39 is 0 Å². The summed E-state index contributed by atoms with van der Waals surface area (Å²) in [6.07, 6.45) is 3.56. The first-order chi connectivity index (χ1) is 10.1. The molecule has 3 nitrogen and oxygen atoms in total. The standard InChI is InChI=1S/C18H30N2O/c1-6-11-20(13(2)3)17-10-7-14-12-15(21-5)8-9-16(14)18(17)19-4/h8-9,12-13,17-19H,6-7,10-11H2,1-5H3. The molecule has 0 aliphatic heterocycles. The van der Waals surface area contributed by atoms with Gasteiger partial charge in [-0.3, -0.25) is 4.90 Å². The third-order valence-electron chi connectivity index (χ3n) is 4.66. The van der Waals surface area contributed by atoms with Gasteiger partial charge in [-0.1, -0.05) is 13.0 Å². The molecule has 118 valence electrons. The van der Waals surface area contributed by atoms with Crippen molar-refractivity contribution in [3.8, 4) is 5.75 Å². The SMILES string of the molecule is CCCN(C(C)C)C1CCc2cc(OC)ccc2C1NC. The first-order valence-corrected chi connectivity index (χ1v) is 8.22. The second kappa shape index (κ2) is 7.28. The maximum atomic E-state index is 5.37. The molecule has 21 heavy (non-hydrogen) atoms. The summed E-state index contributed by atoms with van der Waals surface area (Å²) in [4.78, 5) is 2.66. The van der Waals surface area contributed by atoms with Crippen LogP contribution in [0.3, 0.4) is 0 Å². The predicted molar refractivity (Wildman–Crippen MR) is 89.0 cm³/mol. The predicted octanol–water partition coefficient (Wildman–Crippen LogP) is 3.39. The molecular weight excluding hydrogens is 260 g/mol. The highest BCUT2D eigenvalue weighted by molar-refractivity contribution is 5.40. The number of hydrogen-bond acceptors (Lipinski definition) is 3. The lowest BCUT2D eigenvalue weighted by Gasteiger charge is -2.43. The van der Waals surface area contributed by atoms with E-state index in [9.17, 15) is 0 Å². The molecule has 1 aliphatic carbocycles. The van der Waals surface area contributed by atoms with Gasteiger partial charge in [0.1, 0.15) is 5.75 Å².